The molecule has 0 aliphatic carbocycles. The average Bonchev–Trinajstić information content (AvgIpc) is 2.69. The molecule has 0 atom stereocenters. The van der Waals surface area contributed by atoms with E-state index in [1.807, 2.05) is 24.4 Å². The van der Waals surface area contributed by atoms with Crippen LogP contribution in [0.25, 0.3) is 0 Å². The van der Waals surface area contributed by atoms with Gasteiger partial charge >= 0.3 is 0 Å². The van der Waals surface area contributed by atoms with E-state index in [-0.39, 0.29) is 5.91 Å². The topological polar surface area (TPSA) is 42.0 Å². The lowest BCUT2D eigenvalue weighted by Crippen LogP contribution is -2.13. The van der Waals surface area contributed by atoms with Crippen LogP contribution in [0.4, 0.5) is 5.82 Å². The average molecular weight is 423 g/mol. The summed E-state index contributed by atoms with van der Waals surface area (Å²) in [6.45, 7) is 1.91. The van der Waals surface area contributed by atoms with Gasteiger partial charge < -0.3 is 5.32 Å². The van der Waals surface area contributed by atoms with E-state index in [1.165, 1.54) is 0 Å². The fourth-order valence-electron chi connectivity index (χ4n) is 1.28. The predicted molar refractivity (Wildman–Crippen MR) is 81.7 cm³/mol. The fraction of sp³-hybridized carbons (Fsp3) is 0.0909. The molecule has 0 saturated carbocycles. The number of aryl methyl sites for hydroxylation is 1. The van der Waals surface area contributed by atoms with Crippen LogP contribution in [0.5, 0.6) is 0 Å². The van der Waals surface area contributed by atoms with Gasteiger partial charge in [-0.05, 0) is 63.1 Å². The Balaban J connectivity index is 2.18. The minimum Gasteiger partial charge on any atom is -0.306 e. The minimum absolute atomic E-state index is 0.123. The highest BCUT2D eigenvalue weighted by atomic mass is 127. The molecule has 0 spiro atoms. The second kappa shape index (κ2) is 5.45. The van der Waals surface area contributed by atoms with Gasteiger partial charge in [-0.15, -0.1) is 11.3 Å². The van der Waals surface area contributed by atoms with E-state index in [1.54, 1.807) is 17.5 Å². The maximum atomic E-state index is 11.9. The maximum absolute atomic E-state index is 11.9. The first-order valence-corrected chi connectivity index (χ1v) is 7.49. The third-order valence-electron chi connectivity index (χ3n) is 2.11. The summed E-state index contributed by atoms with van der Waals surface area (Å²) in [4.78, 5) is 16.1. The lowest BCUT2D eigenvalue weighted by atomic mass is 10.2. The van der Waals surface area contributed by atoms with Crippen molar-refractivity contribution in [3.8, 4) is 0 Å². The molecular formula is C11H8BrIN2OS. The molecular weight excluding hydrogens is 415 g/mol. The first-order valence-electron chi connectivity index (χ1n) is 4.74. The maximum Gasteiger partial charge on any atom is 0.257 e. The fourth-order valence-corrected chi connectivity index (χ4v) is 3.05. The molecule has 1 N–H and O–H groups in total. The normalized spacial score (nSPS) is 10.3. The lowest BCUT2D eigenvalue weighted by molar-refractivity contribution is 0.102. The van der Waals surface area contributed by atoms with Gasteiger partial charge in [0.05, 0.1) is 8.45 Å². The van der Waals surface area contributed by atoms with E-state index in [0.717, 1.165) is 12.9 Å². The quantitative estimate of drug-likeness (QED) is 0.741. The number of aromatic nitrogens is 1. The van der Waals surface area contributed by atoms with Gasteiger partial charge in [0.1, 0.15) is 5.82 Å². The standard InChI is InChI=1S/C11H8BrIN2OS/c1-6-2-8(12)4-14-10(6)15-11(16)7-3-9(13)17-5-7/h2-5H,1H3,(H,14,15,16). The van der Waals surface area contributed by atoms with Crippen molar-refractivity contribution < 1.29 is 4.79 Å². The van der Waals surface area contributed by atoms with Crippen LogP contribution < -0.4 is 5.32 Å². The molecule has 88 valence electrons. The second-order valence-corrected chi connectivity index (χ2v) is 7.13. The molecule has 0 fully saturated rings. The van der Waals surface area contributed by atoms with Crippen molar-refractivity contribution >= 4 is 61.6 Å². The van der Waals surface area contributed by atoms with Crippen LogP contribution >= 0.6 is 49.9 Å². The molecule has 0 saturated heterocycles. The monoisotopic (exact) mass is 422 g/mol. The van der Waals surface area contributed by atoms with Crippen LogP contribution in [0.1, 0.15) is 15.9 Å². The highest BCUT2D eigenvalue weighted by molar-refractivity contribution is 14.1. The summed E-state index contributed by atoms with van der Waals surface area (Å²) in [5, 5.41) is 4.64. The molecule has 0 aromatic carbocycles. The van der Waals surface area contributed by atoms with Gasteiger partial charge in [-0.1, -0.05) is 0 Å². The van der Waals surface area contributed by atoms with Gasteiger partial charge in [-0.3, -0.25) is 4.79 Å². The minimum atomic E-state index is -0.123. The van der Waals surface area contributed by atoms with Gasteiger partial charge in [0, 0.05) is 16.0 Å². The molecule has 0 aliphatic rings. The predicted octanol–water partition coefficient (Wildman–Crippen LogP) is 4.07. The van der Waals surface area contributed by atoms with Crippen LogP contribution in [-0.4, -0.2) is 10.9 Å². The number of anilines is 1. The van der Waals surface area contributed by atoms with E-state index < -0.39 is 0 Å². The molecule has 1 amide bonds. The highest BCUT2D eigenvalue weighted by Gasteiger charge is 2.10. The summed E-state index contributed by atoms with van der Waals surface area (Å²) in [6.07, 6.45) is 1.67. The number of carbonyl (C=O) groups is 1. The summed E-state index contributed by atoms with van der Waals surface area (Å²) < 4.78 is 1.99. The molecule has 0 unspecified atom stereocenters. The van der Waals surface area contributed by atoms with Crippen molar-refractivity contribution in [2.75, 3.05) is 5.32 Å². The van der Waals surface area contributed by atoms with Crippen LogP contribution in [0, 0.1) is 9.81 Å². The Bertz CT molecular complexity index is 570. The molecule has 2 rings (SSSR count). The SMILES string of the molecule is Cc1cc(Br)cnc1NC(=O)c1csc(I)c1. The number of nitrogens with one attached hydrogen (secondary N) is 1. The van der Waals surface area contributed by atoms with Gasteiger partial charge in [0.2, 0.25) is 0 Å². The number of rotatable bonds is 2. The molecule has 17 heavy (non-hydrogen) atoms. The summed E-state index contributed by atoms with van der Waals surface area (Å²) in [6, 6.07) is 3.77. The van der Waals surface area contributed by atoms with E-state index in [4.69, 9.17) is 0 Å². The second-order valence-electron chi connectivity index (χ2n) is 3.41. The smallest absolute Gasteiger partial charge is 0.257 e. The number of hydrogen-bond donors (Lipinski definition) is 1. The van der Waals surface area contributed by atoms with E-state index in [9.17, 15) is 4.79 Å². The third-order valence-corrected chi connectivity index (χ3v) is 4.33. The van der Waals surface area contributed by atoms with Crippen molar-refractivity contribution in [1.82, 2.24) is 4.98 Å². The lowest BCUT2D eigenvalue weighted by Gasteiger charge is -2.06. The third kappa shape index (κ3) is 3.26. The first kappa shape index (κ1) is 13.0. The van der Waals surface area contributed by atoms with Crippen molar-refractivity contribution in [1.29, 1.82) is 0 Å². The van der Waals surface area contributed by atoms with Crippen LogP contribution in [0.2, 0.25) is 0 Å². The number of amides is 1. The summed E-state index contributed by atoms with van der Waals surface area (Å²) in [5.41, 5.74) is 1.60. The van der Waals surface area contributed by atoms with Crippen LogP contribution in [0.3, 0.4) is 0 Å². The summed E-state index contributed by atoms with van der Waals surface area (Å²) in [7, 11) is 0. The Hall–Kier alpha value is -0.470. The molecule has 0 bridgehead atoms. The van der Waals surface area contributed by atoms with Crippen LogP contribution in [0.15, 0.2) is 28.2 Å². The largest absolute Gasteiger partial charge is 0.306 e. The van der Waals surface area contributed by atoms with Gasteiger partial charge in [0.15, 0.2) is 0 Å². The molecule has 3 nitrogen and oxygen atoms in total. The first-order chi connectivity index (χ1) is 8.06. The Morgan fingerprint density at radius 1 is 1.53 bits per heavy atom. The van der Waals surface area contributed by atoms with Crippen molar-refractivity contribution in [3.05, 3.63) is 42.2 Å². The zero-order valence-corrected chi connectivity index (χ0v) is 13.4. The summed E-state index contributed by atoms with van der Waals surface area (Å²) in [5.74, 6) is 0.474. The molecule has 2 aromatic rings. The molecule has 0 aliphatic heterocycles. The van der Waals surface area contributed by atoms with Gasteiger partial charge in [-0.2, -0.15) is 0 Å². The molecule has 6 heteroatoms. The van der Waals surface area contributed by atoms with Crippen molar-refractivity contribution in [2.24, 2.45) is 0 Å². The van der Waals surface area contributed by atoms with Gasteiger partial charge in [0.25, 0.3) is 5.91 Å². The number of carbonyl (C=O) groups excluding carboxylic acids is 1. The van der Waals surface area contributed by atoms with Crippen molar-refractivity contribution in [2.45, 2.75) is 6.92 Å². The molecule has 2 heterocycles. The Morgan fingerprint density at radius 2 is 2.29 bits per heavy atom. The van der Waals surface area contributed by atoms with E-state index >= 15 is 0 Å². The summed E-state index contributed by atoms with van der Waals surface area (Å²) >= 11 is 7.08. The molecule has 2 aromatic heterocycles. The number of thiophene rings is 1. The number of nitrogens with zero attached hydrogens (tertiary/aromatic N) is 1. The number of pyridine rings is 1. The number of hydrogen-bond acceptors (Lipinski definition) is 3. The van der Waals surface area contributed by atoms with Crippen LogP contribution in [-0.2, 0) is 0 Å². The number of halogens is 2. The Labute approximate surface area is 125 Å². The molecule has 0 radical (unpaired) electrons. The van der Waals surface area contributed by atoms with Crippen molar-refractivity contribution in [3.63, 3.8) is 0 Å². The zero-order valence-electron chi connectivity index (χ0n) is 8.83. The zero-order chi connectivity index (χ0) is 12.4. The van der Waals surface area contributed by atoms with E-state index in [2.05, 4.69) is 48.8 Å². The Kier molecular flexibility index (Phi) is 4.16. The Morgan fingerprint density at radius 3 is 2.88 bits per heavy atom. The van der Waals surface area contributed by atoms with Gasteiger partial charge in [-0.25, -0.2) is 4.98 Å². The van der Waals surface area contributed by atoms with E-state index in [0.29, 0.717) is 11.4 Å². The highest BCUT2D eigenvalue weighted by Crippen LogP contribution is 2.20.